The number of morpholine rings is 1. The molecule has 2 saturated carbocycles. The van der Waals surface area contributed by atoms with Crippen molar-refractivity contribution in [3.63, 3.8) is 0 Å². The molecular weight excluding hydrogens is 421 g/mol. The summed E-state index contributed by atoms with van der Waals surface area (Å²) in [6, 6.07) is 5.37. The van der Waals surface area contributed by atoms with E-state index in [2.05, 4.69) is 0 Å². The second-order valence-corrected chi connectivity index (χ2v) is 10.2. The third-order valence-electron chi connectivity index (χ3n) is 8.64. The van der Waals surface area contributed by atoms with Gasteiger partial charge in [-0.15, -0.1) is 0 Å². The van der Waals surface area contributed by atoms with Gasteiger partial charge in [0, 0.05) is 36.4 Å². The highest BCUT2D eigenvalue weighted by atomic mass is 19.1. The van der Waals surface area contributed by atoms with Crippen molar-refractivity contribution in [3.8, 4) is 0 Å². The summed E-state index contributed by atoms with van der Waals surface area (Å²) in [6.07, 6.45) is 8.18. The summed E-state index contributed by atoms with van der Waals surface area (Å²) in [5.41, 5.74) is 1.83. The molecule has 1 aliphatic heterocycles. The molecule has 1 aromatic carbocycles. The molecule has 6 heteroatoms. The summed E-state index contributed by atoms with van der Waals surface area (Å²) < 4.78 is 19.8. The zero-order valence-electron chi connectivity index (χ0n) is 19.1. The van der Waals surface area contributed by atoms with E-state index in [1.807, 2.05) is 30.0 Å². The van der Waals surface area contributed by atoms with Crippen molar-refractivity contribution in [2.75, 3.05) is 26.3 Å². The molecule has 1 saturated heterocycles. The minimum Gasteiger partial charge on any atom is -0.515 e. The zero-order chi connectivity index (χ0) is 23.2. The van der Waals surface area contributed by atoms with E-state index >= 15 is 0 Å². The van der Waals surface area contributed by atoms with Gasteiger partial charge in [-0.25, -0.2) is 4.39 Å². The van der Waals surface area contributed by atoms with Gasteiger partial charge in [0.05, 0.1) is 19.5 Å². The largest absolute Gasteiger partial charge is 0.515 e. The average Bonchev–Trinajstić information content (AvgIpc) is 3.05. The third kappa shape index (κ3) is 3.63. The zero-order valence-corrected chi connectivity index (χ0v) is 19.1. The molecular formula is C27H32FNO4. The molecule has 0 aromatic heterocycles. The van der Waals surface area contributed by atoms with Crippen LogP contribution < -0.4 is 0 Å². The van der Waals surface area contributed by atoms with Gasteiger partial charge in [0.2, 0.25) is 5.91 Å². The number of carbonyl (C=O) groups excluding carboxylic acids is 2. The number of hydrogen-bond acceptors (Lipinski definition) is 4. The topological polar surface area (TPSA) is 66.8 Å². The summed E-state index contributed by atoms with van der Waals surface area (Å²) in [5, 5.41) is 10.0. The minimum atomic E-state index is -0.538. The van der Waals surface area contributed by atoms with Gasteiger partial charge in [-0.2, -0.15) is 0 Å². The first kappa shape index (κ1) is 22.3. The van der Waals surface area contributed by atoms with Gasteiger partial charge in [0.1, 0.15) is 5.82 Å². The number of ketones is 1. The molecule has 33 heavy (non-hydrogen) atoms. The van der Waals surface area contributed by atoms with Crippen LogP contribution >= 0.6 is 0 Å². The number of benzene rings is 1. The molecule has 1 heterocycles. The number of allylic oxidation sites excluding steroid dienone is 2. The molecule has 176 valence electrons. The predicted octanol–water partition coefficient (Wildman–Crippen LogP) is 4.33. The van der Waals surface area contributed by atoms with Crippen molar-refractivity contribution in [3.05, 3.63) is 59.1 Å². The summed E-state index contributed by atoms with van der Waals surface area (Å²) >= 11 is 0. The Hall–Kier alpha value is -2.47. The molecule has 5 atom stereocenters. The number of hydrogen-bond donors (Lipinski definition) is 1. The van der Waals surface area contributed by atoms with E-state index in [0.29, 0.717) is 38.3 Å². The fourth-order valence-corrected chi connectivity index (χ4v) is 7.05. The van der Waals surface area contributed by atoms with Gasteiger partial charge in [-0.05, 0) is 60.6 Å². The van der Waals surface area contributed by atoms with Crippen LogP contribution in [0.25, 0.3) is 0 Å². The molecule has 5 nitrogen and oxygen atoms in total. The summed E-state index contributed by atoms with van der Waals surface area (Å²) in [6.45, 7) is 4.38. The van der Waals surface area contributed by atoms with Crippen LogP contribution in [0.2, 0.25) is 0 Å². The van der Waals surface area contributed by atoms with Crippen LogP contribution in [-0.4, -0.2) is 48.0 Å². The highest BCUT2D eigenvalue weighted by molar-refractivity contribution is 6.03. The van der Waals surface area contributed by atoms with Crippen LogP contribution in [0.3, 0.4) is 0 Å². The third-order valence-corrected chi connectivity index (χ3v) is 8.64. The SMILES string of the molecule is C[C@]12CCC3c4cccc(F)c4CCC3C1[C@H](/C=C\CC(=O)N1CCOCC1)/C(=C/O)C2=O. The van der Waals surface area contributed by atoms with E-state index in [9.17, 15) is 19.1 Å². The van der Waals surface area contributed by atoms with Crippen molar-refractivity contribution in [1.82, 2.24) is 4.90 Å². The maximum absolute atomic E-state index is 14.5. The monoisotopic (exact) mass is 453 g/mol. The van der Waals surface area contributed by atoms with Crippen molar-refractivity contribution in [2.45, 2.75) is 44.9 Å². The Morgan fingerprint density at radius 1 is 1.30 bits per heavy atom. The molecule has 1 aromatic rings. The van der Waals surface area contributed by atoms with Gasteiger partial charge in [-0.3, -0.25) is 9.59 Å². The first-order valence-corrected chi connectivity index (χ1v) is 12.1. The van der Waals surface area contributed by atoms with E-state index in [1.54, 1.807) is 6.07 Å². The minimum absolute atomic E-state index is 0.0210. The van der Waals surface area contributed by atoms with E-state index in [-0.39, 0.29) is 47.6 Å². The highest BCUT2D eigenvalue weighted by Gasteiger charge is 2.60. The Morgan fingerprint density at radius 2 is 2.09 bits per heavy atom. The molecule has 1 amide bonds. The quantitative estimate of drug-likeness (QED) is 0.420. The maximum Gasteiger partial charge on any atom is 0.226 e. The van der Waals surface area contributed by atoms with Crippen LogP contribution in [0.1, 0.15) is 49.7 Å². The van der Waals surface area contributed by atoms with Gasteiger partial charge >= 0.3 is 0 Å². The molecule has 0 bridgehead atoms. The van der Waals surface area contributed by atoms with E-state index in [0.717, 1.165) is 36.7 Å². The fraction of sp³-hybridized carbons (Fsp3) is 0.556. The lowest BCUT2D eigenvalue weighted by atomic mass is 9.54. The number of fused-ring (bicyclic) bond motifs is 5. The number of aliphatic hydroxyl groups excluding tert-OH is 1. The van der Waals surface area contributed by atoms with Gasteiger partial charge < -0.3 is 14.7 Å². The second-order valence-electron chi connectivity index (χ2n) is 10.2. The lowest BCUT2D eigenvalue weighted by Crippen LogP contribution is -2.44. The molecule has 5 rings (SSSR count). The number of amides is 1. The van der Waals surface area contributed by atoms with Crippen LogP contribution in [0, 0.1) is 29.0 Å². The summed E-state index contributed by atoms with van der Waals surface area (Å²) in [4.78, 5) is 27.8. The second kappa shape index (κ2) is 8.71. The average molecular weight is 454 g/mol. The first-order valence-electron chi connectivity index (χ1n) is 12.1. The number of ether oxygens (including phenoxy) is 1. The van der Waals surface area contributed by atoms with Gasteiger partial charge in [0.25, 0.3) is 0 Å². The lowest BCUT2D eigenvalue weighted by molar-refractivity contribution is -0.134. The Morgan fingerprint density at radius 3 is 2.85 bits per heavy atom. The summed E-state index contributed by atoms with van der Waals surface area (Å²) in [7, 11) is 0. The Kier molecular flexibility index (Phi) is 5.89. The van der Waals surface area contributed by atoms with Crippen molar-refractivity contribution < 1.29 is 23.8 Å². The molecule has 0 radical (unpaired) electrons. The number of aliphatic hydroxyl groups is 1. The van der Waals surface area contributed by atoms with Crippen LogP contribution in [-0.2, 0) is 20.7 Å². The van der Waals surface area contributed by atoms with Gasteiger partial charge in [-0.1, -0.05) is 31.2 Å². The standard InChI is InChI=1S/C27H32FNO4/c1-27-11-10-18-17-4-2-6-23(28)19(17)8-9-21(18)25(27)20(22(16-30)26(27)32)5-3-7-24(31)29-12-14-33-15-13-29/h2-6,16,18,20-21,25,30H,7-15H2,1H3/b5-3-,22-16-/t18?,20-,21?,25?,27+/m1/s1. The number of Topliss-reactive ketones (excluding diaryl/α,β-unsaturated/α-hetero) is 1. The van der Waals surface area contributed by atoms with E-state index in [1.165, 1.54) is 6.07 Å². The normalized spacial score (nSPS) is 34.9. The van der Waals surface area contributed by atoms with E-state index in [4.69, 9.17) is 4.74 Å². The number of halogens is 1. The van der Waals surface area contributed by atoms with Crippen LogP contribution in [0.5, 0.6) is 0 Å². The Labute approximate surface area is 194 Å². The number of carbonyl (C=O) groups is 2. The van der Waals surface area contributed by atoms with Crippen LogP contribution in [0.15, 0.2) is 42.2 Å². The molecule has 3 aliphatic carbocycles. The molecule has 3 unspecified atom stereocenters. The predicted molar refractivity (Wildman–Crippen MR) is 122 cm³/mol. The fourth-order valence-electron chi connectivity index (χ4n) is 7.05. The maximum atomic E-state index is 14.5. The van der Waals surface area contributed by atoms with E-state index < -0.39 is 5.41 Å². The molecule has 3 fully saturated rings. The first-order chi connectivity index (χ1) is 16.0. The van der Waals surface area contributed by atoms with Crippen molar-refractivity contribution in [2.24, 2.45) is 23.2 Å². The van der Waals surface area contributed by atoms with Crippen molar-refractivity contribution >= 4 is 11.7 Å². The number of rotatable bonds is 3. The smallest absolute Gasteiger partial charge is 0.226 e. The molecule has 4 aliphatic rings. The number of nitrogens with zero attached hydrogens (tertiary/aromatic N) is 1. The Bertz CT molecular complexity index is 1010. The highest BCUT2D eigenvalue weighted by Crippen LogP contribution is 2.63. The molecule has 1 N–H and O–H groups in total. The van der Waals surface area contributed by atoms with Crippen LogP contribution in [0.4, 0.5) is 4.39 Å². The van der Waals surface area contributed by atoms with Crippen molar-refractivity contribution in [1.29, 1.82) is 0 Å². The van der Waals surface area contributed by atoms with Gasteiger partial charge in [0.15, 0.2) is 5.78 Å². The lowest BCUT2D eigenvalue weighted by Gasteiger charge is -2.49. The Balaban J connectivity index is 1.42. The molecule has 0 spiro atoms. The summed E-state index contributed by atoms with van der Waals surface area (Å²) in [5.74, 6) is 0.215.